The summed E-state index contributed by atoms with van der Waals surface area (Å²) in [7, 11) is 0. The second kappa shape index (κ2) is 8.04. The lowest BCUT2D eigenvalue weighted by molar-refractivity contribution is -0.137. The van der Waals surface area contributed by atoms with E-state index in [-0.39, 0.29) is 5.69 Å². The number of carbonyl (C=O) groups excluding carboxylic acids is 1. The number of aromatic nitrogens is 1. The van der Waals surface area contributed by atoms with Gasteiger partial charge in [-0.3, -0.25) is 14.8 Å². The van der Waals surface area contributed by atoms with E-state index in [0.29, 0.717) is 11.3 Å². The van der Waals surface area contributed by atoms with E-state index in [4.69, 9.17) is 0 Å². The zero-order valence-electron chi connectivity index (χ0n) is 14.9. The molecule has 2 aromatic carbocycles. The van der Waals surface area contributed by atoms with Crippen molar-refractivity contribution in [2.75, 3.05) is 5.32 Å². The number of nitrogens with zero attached hydrogens (tertiary/aromatic N) is 2. The van der Waals surface area contributed by atoms with Crippen molar-refractivity contribution in [3.05, 3.63) is 89.2 Å². The second-order valence-corrected chi connectivity index (χ2v) is 6.07. The number of aryl methyl sites for hydroxylation is 1. The number of alkyl halides is 3. The summed E-state index contributed by atoms with van der Waals surface area (Å²) in [6, 6.07) is 13.1. The molecule has 1 heterocycles. The van der Waals surface area contributed by atoms with Crippen LogP contribution in [0.25, 0.3) is 0 Å². The average molecular weight is 383 g/mol. The van der Waals surface area contributed by atoms with Crippen LogP contribution in [0.3, 0.4) is 0 Å². The molecule has 0 unspecified atom stereocenters. The summed E-state index contributed by atoms with van der Waals surface area (Å²) in [6.07, 6.45) is 0.396. The Kier molecular flexibility index (Phi) is 5.54. The van der Waals surface area contributed by atoms with Crippen LogP contribution in [0.1, 0.15) is 27.0 Å². The molecule has 0 aliphatic rings. The van der Waals surface area contributed by atoms with E-state index in [2.05, 4.69) is 15.3 Å². The summed E-state index contributed by atoms with van der Waals surface area (Å²) >= 11 is 0. The van der Waals surface area contributed by atoms with Gasteiger partial charge in [0.05, 0.1) is 17.4 Å². The molecule has 0 aliphatic carbocycles. The van der Waals surface area contributed by atoms with Gasteiger partial charge in [-0.15, -0.1) is 0 Å². The Morgan fingerprint density at radius 2 is 1.93 bits per heavy atom. The van der Waals surface area contributed by atoms with E-state index >= 15 is 0 Å². The lowest BCUT2D eigenvalue weighted by atomic mass is 10.1. The van der Waals surface area contributed by atoms with Crippen LogP contribution in [-0.4, -0.2) is 17.1 Å². The van der Waals surface area contributed by atoms with Crippen LogP contribution < -0.4 is 5.32 Å². The summed E-state index contributed by atoms with van der Waals surface area (Å²) in [5.74, 6) is -0.504. The van der Waals surface area contributed by atoms with Crippen molar-refractivity contribution in [1.82, 2.24) is 4.98 Å². The normalized spacial score (nSPS) is 11.6. The van der Waals surface area contributed by atoms with Crippen molar-refractivity contribution < 1.29 is 18.0 Å². The predicted molar refractivity (Wildman–Crippen MR) is 102 cm³/mol. The molecule has 1 amide bonds. The van der Waals surface area contributed by atoms with E-state index in [1.165, 1.54) is 12.1 Å². The smallest absolute Gasteiger partial charge is 0.322 e. The molecule has 0 bridgehead atoms. The number of hydrogen-bond donors (Lipinski definition) is 1. The topological polar surface area (TPSA) is 54.4 Å². The van der Waals surface area contributed by atoms with E-state index in [0.717, 1.165) is 23.3 Å². The number of anilines is 1. The molecule has 7 heteroatoms. The number of hydrogen-bond acceptors (Lipinski definition) is 3. The van der Waals surface area contributed by atoms with Crippen LogP contribution >= 0.6 is 0 Å². The first-order valence-electron chi connectivity index (χ1n) is 8.36. The Bertz CT molecular complexity index is 1010. The fourth-order valence-corrected chi connectivity index (χ4v) is 2.47. The highest BCUT2D eigenvalue weighted by Crippen LogP contribution is 2.30. The highest BCUT2D eigenvalue weighted by molar-refractivity contribution is 6.05. The highest BCUT2D eigenvalue weighted by atomic mass is 19.4. The Labute approximate surface area is 159 Å². The van der Waals surface area contributed by atoms with Crippen LogP contribution in [0.5, 0.6) is 0 Å². The Morgan fingerprint density at radius 1 is 1.11 bits per heavy atom. The minimum atomic E-state index is -4.47. The van der Waals surface area contributed by atoms with Gasteiger partial charge in [0.15, 0.2) is 0 Å². The predicted octanol–water partition coefficient (Wildman–Crippen LogP) is 5.41. The molecular weight excluding hydrogens is 367 g/mol. The Morgan fingerprint density at radius 3 is 2.64 bits per heavy atom. The summed E-state index contributed by atoms with van der Waals surface area (Å²) in [5.41, 5.74) is 1.87. The molecule has 0 spiro atoms. The molecule has 1 aromatic heterocycles. The number of nitrogens with one attached hydrogen (secondary N) is 1. The van der Waals surface area contributed by atoms with Gasteiger partial charge in [-0.1, -0.05) is 12.1 Å². The van der Waals surface area contributed by atoms with Crippen molar-refractivity contribution in [1.29, 1.82) is 0 Å². The van der Waals surface area contributed by atoms with Gasteiger partial charge in [0.25, 0.3) is 5.91 Å². The van der Waals surface area contributed by atoms with Crippen LogP contribution in [0, 0.1) is 6.92 Å². The third kappa shape index (κ3) is 4.82. The number of pyridine rings is 1. The maximum absolute atomic E-state index is 12.8. The summed E-state index contributed by atoms with van der Waals surface area (Å²) < 4.78 is 38.5. The fraction of sp³-hybridized carbons (Fsp3) is 0.0952. The molecule has 0 radical (unpaired) electrons. The summed E-state index contributed by atoms with van der Waals surface area (Å²) in [5, 5.41) is 2.50. The van der Waals surface area contributed by atoms with Crippen LogP contribution in [0.2, 0.25) is 0 Å². The monoisotopic (exact) mass is 383 g/mol. The van der Waals surface area contributed by atoms with Gasteiger partial charge in [0.2, 0.25) is 0 Å². The molecule has 0 saturated carbocycles. The molecule has 0 fully saturated rings. The molecule has 28 heavy (non-hydrogen) atoms. The molecule has 1 N–H and O–H groups in total. The molecule has 4 nitrogen and oxygen atoms in total. The molecule has 0 saturated heterocycles. The van der Waals surface area contributed by atoms with Crippen LogP contribution in [0.4, 0.5) is 24.5 Å². The van der Waals surface area contributed by atoms with Gasteiger partial charge in [-0.2, -0.15) is 13.2 Å². The van der Waals surface area contributed by atoms with Crippen molar-refractivity contribution in [3.8, 4) is 0 Å². The SMILES string of the molecule is Cc1ccc(C(=O)Nc2cccc(C(F)(F)F)c2)cc1C=Nc1cccnc1. The molecule has 0 aliphatic heterocycles. The maximum atomic E-state index is 12.8. The minimum absolute atomic E-state index is 0.0750. The van der Waals surface area contributed by atoms with Crippen molar-refractivity contribution in [2.24, 2.45) is 4.99 Å². The number of carbonyl (C=O) groups is 1. The fourth-order valence-electron chi connectivity index (χ4n) is 2.47. The molecule has 0 atom stereocenters. The third-order valence-corrected chi connectivity index (χ3v) is 3.99. The van der Waals surface area contributed by atoms with Gasteiger partial charge in [-0.05, 0) is 60.5 Å². The number of aliphatic imine (C=N–C) groups is 1. The molecule has 142 valence electrons. The first-order chi connectivity index (χ1) is 13.3. The van der Waals surface area contributed by atoms with Gasteiger partial charge < -0.3 is 5.32 Å². The first kappa shape index (κ1) is 19.3. The molecule has 3 rings (SSSR count). The van der Waals surface area contributed by atoms with Gasteiger partial charge in [0, 0.05) is 23.7 Å². The van der Waals surface area contributed by atoms with E-state index in [1.54, 1.807) is 48.9 Å². The third-order valence-electron chi connectivity index (χ3n) is 3.99. The van der Waals surface area contributed by atoms with Crippen molar-refractivity contribution in [2.45, 2.75) is 13.1 Å². The van der Waals surface area contributed by atoms with E-state index in [9.17, 15) is 18.0 Å². The standard InChI is InChI=1S/C21H16F3N3O/c1-14-7-8-15(10-16(14)12-26-19-6-3-9-25-13-19)20(28)27-18-5-2-4-17(11-18)21(22,23)24/h2-13H,1H3,(H,27,28). The largest absolute Gasteiger partial charge is 0.416 e. The lowest BCUT2D eigenvalue weighted by Crippen LogP contribution is -2.13. The van der Waals surface area contributed by atoms with Crippen molar-refractivity contribution in [3.63, 3.8) is 0 Å². The lowest BCUT2D eigenvalue weighted by Gasteiger charge is -2.10. The number of amides is 1. The van der Waals surface area contributed by atoms with Crippen LogP contribution in [-0.2, 0) is 6.18 Å². The summed E-state index contributed by atoms with van der Waals surface area (Å²) in [6.45, 7) is 1.87. The first-order valence-corrected chi connectivity index (χ1v) is 8.36. The zero-order valence-corrected chi connectivity index (χ0v) is 14.9. The highest BCUT2D eigenvalue weighted by Gasteiger charge is 2.30. The maximum Gasteiger partial charge on any atom is 0.416 e. The Balaban J connectivity index is 1.80. The Hall–Kier alpha value is -3.48. The molecule has 3 aromatic rings. The zero-order chi connectivity index (χ0) is 20.1. The van der Waals surface area contributed by atoms with E-state index in [1.807, 2.05) is 6.92 Å². The van der Waals surface area contributed by atoms with Gasteiger partial charge in [-0.25, -0.2) is 0 Å². The van der Waals surface area contributed by atoms with Crippen molar-refractivity contribution >= 4 is 23.5 Å². The molecular formula is C21H16F3N3O. The van der Waals surface area contributed by atoms with Crippen LogP contribution in [0.15, 0.2) is 72.0 Å². The van der Waals surface area contributed by atoms with Gasteiger partial charge >= 0.3 is 6.18 Å². The quantitative estimate of drug-likeness (QED) is 0.613. The average Bonchev–Trinajstić information content (AvgIpc) is 2.67. The van der Waals surface area contributed by atoms with Gasteiger partial charge in [0.1, 0.15) is 0 Å². The number of rotatable bonds is 4. The second-order valence-electron chi connectivity index (χ2n) is 6.07. The number of benzene rings is 2. The minimum Gasteiger partial charge on any atom is -0.322 e. The summed E-state index contributed by atoms with van der Waals surface area (Å²) in [4.78, 5) is 20.8. The number of halogens is 3. The van der Waals surface area contributed by atoms with E-state index < -0.39 is 17.6 Å².